The Kier molecular flexibility index (Phi) is 1.77. The number of hydrogen-bond donors (Lipinski definition) is 1. The lowest BCUT2D eigenvalue weighted by molar-refractivity contribution is 0.432. The highest BCUT2D eigenvalue weighted by Gasteiger charge is 2.61. The lowest BCUT2D eigenvalue weighted by Gasteiger charge is -2.11. The molecule has 0 saturated heterocycles. The largest absolute Gasteiger partial charge is 0.328 e. The summed E-state index contributed by atoms with van der Waals surface area (Å²) in [6, 6.07) is 0.535. The van der Waals surface area contributed by atoms with Crippen LogP contribution in [0.5, 0.6) is 0 Å². The Labute approximate surface area is 68.8 Å². The maximum atomic E-state index is 5.78. The van der Waals surface area contributed by atoms with Crippen LogP contribution in [0.1, 0.15) is 26.7 Å². The van der Waals surface area contributed by atoms with Gasteiger partial charge in [0.05, 0.1) is 0 Å². The Hall–Kier alpha value is 0.250. The van der Waals surface area contributed by atoms with Crippen LogP contribution in [0.4, 0.5) is 0 Å². The molecular weight excluding hydrogens is 146 g/mol. The summed E-state index contributed by atoms with van der Waals surface area (Å²) < 4.78 is 0. The molecule has 1 unspecified atom stereocenters. The fraction of sp³-hybridized carbons (Fsp3) is 1.00. The van der Waals surface area contributed by atoms with Crippen molar-refractivity contribution in [2.24, 2.45) is 23.0 Å². The quantitative estimate of drug-likeness (QED) is 0.576. The molecule has 3 atom stereocenters. The molecule has 1 nitrogen and oxygen atoms in total. The summed E-state index contributed by atoms with van der Waals surface area (Å²) >= 11 is 0. The predicted molar refractivity (Wildman–Crippen MR) is 45.2 cm³/mol. The molecule has 2 fully saturated rings. The van der Waals surface area contributed by atoms with Gasteiger partial charge in [0.2, 0.25) is 0 Å². The minimum atomic E-state index is 0. The van der Waals surface area contributed by atoms with Crippen LogP contribution in [0, 0.1) is 17.3 Å². The van der Waals surface area contributed by atoms with E-state index in [0.29, 0.717) is 11.5 Å². The van der Waals surface area contributed by atoms with Gasteiger partial charge in [0.15, 0.2) is 0 Å². The molecule has 2 aliphatic rings. The average Bonchev–Trinajstić information content (AvgIpc) is 2.27. The second-order valence-electron chi connectivity index (χ2n) is 4.27. The number of nitrogens with two attached hydrogens (primary N) is 1. The maximum absolute atomic E-state index is 5.78. The van der Waals surface area contributed by atoms with E-state index in [1.54, 1.807) is 0 Å². The normalized spacial score (nSPS) is 47.7. The third-order valence-corrected chi connectivity index (χ3v) is 3.40. The monoisotopic (exact) mass is 161 g/mol. The van der Waals surface area contributed by atoms with E-state index in [2.05, 4.69) is 13.8 Å². The number of fused-ring (bicyclic) bond motifs is 1. The van der Waals surface area contributed by atoms with Gasteiger partial charge < -0.3 is 5.73 Å². The van der Waals surface area contributed by atoms with Crippen LogP contribution in [0.2, 0.25) is 0 Å². The predicted octanol–water partition coefficient (Wildman–Crippen LogP) is 1.80. The van der Waals surface area contributed by atoms with Gasteiger partial charge in [0.25, 0.3) is 0 Å². The van der Waals surface area contributed by atoms with E-state index >= 15 is 0 Å². The van der Waals surface area contributed by atoms with Gasteiger partial charge in [-0.3, -0.25) is 0 Å². The van der Waals surface area contributed by atoms with Gasteiger partial charge in [-0.2, -0.15) is 0 Å². The molecule has 2 rings (SSSR count). The van der Waals surface area contributed by atoms with Gasteiger partial charge in [-0.15, -0.1) is 12.4 Å². The zero-order valence-corrected chi connectivity index (χ0v) is 7.45. The van der Waals surface area contributed by atoms with Crippen LogP contribution >= 0.6 is 12.4 Å². The van der Waals surface area contributed by atoms with Gasteiger partial charge in [0, 0.05) is 6.04 Å². The molecule has 60 valence electrons. The average molecular weight is 162 g/mol. The highest BCUT2D eigenvalue weighted by molar-refractivity contribution is 5.85. The van der Waals surface area contributed by atoms with Crippen LogP contribution < -0.4 is 5.73 Å². The SMILES string of the molecule is CC1(C)[C@@H]2CC(N)C[C@@H]21.Cl. The molecule has 0 aliphatic heterocycles. The third kappa shape index (κ3) is 0.876. The van der Waals surface area contributed by atoms with Crippen molar-refractivity contribution < 1.29 is 0 Å². The molecular formula is C8H16ClN. The van der Waals surface area contributed by atoms with Gasteiger partial charge in [-0.05, 0) is 30.1 Å². The van der Waals surface area contributed by atoms with Gasteiger partial charge in [-0.1, -0.05) is 13.8 Å². The molecule has 0 aromatic heterocycles. The van der Waals surface area contributed by atoms with E-state index in [0.717, 1.165) is 11.8 Å². The molecule has 2 N–H and O–H groups in total. The van der Waals surface area contributed by atoms with Gasteiger partial charge >= 0.3 is 0 Å². The molecule has 0 aromatic carbocycles. The summed E-state index contributed by atoms with van der Waals surface area (Å²) in [5.74, 6) is 1.96. The molecule has 2 heteroatoms. The maximum Gasteiger partial charge on any atom is 0.00447 e. The number of halogens is 1. The summed E-state index contributed by atoms with van der Waals surface area (Å²) in [5, 5.41) is 0. The zero-order valence-electron chi connectivity index (χ0n) is 6.63. The minimum absolute atomic E-state index is 0. The minimum Gasteiger partial charge on any atom is -0.328 e. The van der Waals surface area contributed by atoms with Crippen LogP contribution in [0.3, 0.4) is 0 Å². The van der Waals surface area contributed by atoms with Crippen molar-refractivity contribution in [1.29, 1.82) is 0 Å². The smallest absolute Gasteiger partial charge is 0.00447 e. The molecule has 0 heterocycles. The van der Waals surface area contributed by atoms with Crippen molar-refractivity contribution in [1.82, 2.24) is 0 Å². The third-order valence-electron chi connectivity index (χ3n) is 3.40. The molecule has 2 saturated carbocycles. The summed E-state index contributed by atoms with van der Waals surface area (Å²) in [4.78, 5) is 0. The van der Waals surface area contributed by atoms with E-state index in [9.17, 15) is 0 Å². The first-order valence-corrected chi connectivity index (χ1v) is 3.88. The molecule has 0 radical (unpaired) electrons. The fourth-order valence-electron chi connectivity index (χ4n) is 2.54. The second kappa shape index (κ2) is 2.12. The van der Waals surface area contributed by atoms with Crippen molar-refractivity contribution in [3.8, 4) is 0 Å². The van der Waals surface area contributed by atoms with Crippen LogP contribution in [-0.4, -0.2) is 6.04 Å². The van der Waals surface area contributed by atoms with Crippen molar-refractivity contribution >= 4 is 12.4 Å². The highest BCUT2D eigenvalue weighted by Crippen LogP contribution is 2.66. The first kappa shape index (κ1) is 8.35. The van der Waals surface area contributed by atoms with Crippen molar-refractivity contribution in [2.75, 3.05) is 0 Å². The summed E-state index contributed by atoms with van der Waals surface area (Å²) in [5.41, 5.74) is 6.44. The van der Waals surface area contributed by atoms with E-state index in [1.807, 2.05) is 0 Å². The summed E-state index contributed by atoms with van der Waals surface area (Å²) in [6.45, 7) is 4.74. The van der Waals surface area contributed by atoms with Gasteiger partial charge in [-0.25, -0.2) is 0 Å². The molecule has 10 heavy (non-hydrogen) atoms. The van der Waals surface area contributed by atoms with Crippen molar-refractivity contribution in [3.63, 3.8) is 0 Å². The lowest BCUT2D eigenvalue weighted by Crippen LogP contribution is -2.19. The molecule has 2 aliphatic carbocycles. The number of hydrogen-bond acceptors (Lipinski definition) is 1. The van der Waals surface area contributed by atoms with E-state index in [1.165, 1.54) is 12.8 Å². The van der Waals surface area contributed by atoms with E-state index in [-0.39, 0.29) is 12.4 Å². The Morgan fingerprint density at radius 3 is 1.90 bits per heavy atom. The van der Waals surface area contributed by atoms with Crippen molar-refractivity contribution in [3.05, 3.63) is 0 Å². The Balaban J connectivity index is 0.000000500. The van der Waals surface area contributed by atoms with Crippen LogP contribution in [0.15, 0.2) is 0 Å². The van der Waals surface area contributed by atoms with Crippen molar-refractivity contribution in [2.45, 2.75) is 32.7 Å². The molecule has 0 bridgehead atoms. The molecule has 0 aromatic rings. The Morgan fingerprint density at radius 2 is 1.60 bits per heavy atom. The molecule has 0 spiro atoms. The standard InChI is InChI=1S/C8H15N.ClH/c1-8(2)6-3-5(9)4-7(6)8;/h5-7H,3-4,9H2,1-2H3;1H/t5?,6-,7+;. The van der Waals surface area contributed by atoms with E-state index < -0.39 is 0 Å². The lowest BCUT2D eigenvalue weighted by atomic mass is 9.98. The van der Waals surface area contributed by atoms with Crippen LogP contribution in [-0.2, 0) is 0 Å². The topological polar surface area (TPSA) is 26.0 Å². The zero-order chi connectivity index (χ0) is 6.65. The molecule has 0 amide bonds. The first-order chi connectivity index (χ1) is 4.12. The van der Waals surface area contributed by atoms with Crippen LogP contribution in [0.25, 0.3) is 0 Å². The second-order valence-corrected chi connectivity index (χ2v) is 4.27. The highest BCUT2D eigenvalue weighted by atomic mass is 35.5. The summed E-state index contributed by atoms with van der Waals surface area (Å²) in [6.07, 6.45) is 2.58. The number of rotatable bonds is 0. The first-order valence-electron chi connectivity index (χ1n) is 3.88. The fourth-order valence-corrected chi connectivity index (χ4v) is 2.54. The van der Waals surface area contributed by atoms with Gasteiger partial charge in [0.1, 0.15) is 0 Å². The van der Waals surface area contributed by atoms with E-state index in [4.69, 9.17) is 5.73 Å². The Morgan fingerprint density at radius 1 is 1.20 bits per heavy atom. The summed E-state index contributed by atoms with van der Waals surface area (Å²) in [7, 11) is 0. The Bertz CT molecular complexity index is 130.